The number of benzene rings is 1. The highest BCUT2D eigenvalue weighted by molar-refractivity contribution is 7.22. The fourth-order valence-corrected chi connectivity index (χ4v) is 3.43. The van der Waals surface area contributed by atoms with Gasteiger partial charge in [0.25, 0.3) is 5.56 Å². The van der Waals surface area contributed by atoms with E-state index in [0.717, 1.165) is 16.6 Å². The molecule has 0 bridgehead atoms. The topological polar surface area (TPSA) is 76.0 Å². The minimum Gasteiger partial charge on any atom is -0.322 e. The summed E-state index contributed by atoms with van der Waals surface area (Å²) < 4.78 is 0.355. The molecule has 7 heteroatoms. The first-order chi connectivity index (χ1) is 9.58. The van der Waals surface area contributed by atoms with Crippen molar-refractivity contribution >= 4 is 38.7 Å². The molecule has 0 fully saturated rings. The van der Waals surface area contributed by atoms with Gasteiger partial charge in [0.1, 0.15) is 4.70 Å². The molecule has 2 aromatic heterocycles. The second-order valence-electron chi connectivity index (χ2n) is 4.09. The monoisotopic (exact) mass is 306 g/mol. The number of halogens is 1. The molecule has 0 aliphatic heterocycles. The molecule has 0 saturated heterocycles. The van der Waals surface area contributed by atoms with E-state index in [2.05, 4.69) is 4.98 Å². The Hall–Kier alpha value is -2.18. The molecular formula is C13H7ClN2O3S. The Morgan fingerprint density at radius 3 is 2.75 bits per heavy atom. The van der Waals surface area contributed by atoms with Crippen molar-refractivity contribution in [2.24, 2.45) is 0 Å². The third-order valence-electron chi connectivity index (χ3n) is 2.89. The van der Waals surface area contributed by atoms with Gasteiger partial charge >= 0.3 is 5.69 Å². The fourth-order valence-electron chi connectivity index (χ4n) is 1.96. The number of rotatable bonds is 2. The third kappa shape index (κ3) is 1.99. The highest BCUT2D eigenvalue weighted by atomic mass is 35.5. The molecule has 1 N–H and O–H groups in total. The van der Waals surface area contributed by atoms with Gasteiger partial charge in [0.05, 0.1) is 16.5 Å². The molecule has 0 saturated carbocycles. The molecule has 3 rings (SSSR count). The molecule has 20 heavy (non-hydrogen) atoms. The van der Waals surface area contributed by atoms with E-state index in [9.17, 15) is 14.9 Å². The van der Waals surface area contributed by atoms with Gasteiger partial charge in [0.2, 0.25) is 0 Å². The van der Waals surface area contributed by atoms with Gasteiger partial charge in [-0.25, -0.2) is 0 Å². The van der Waals surface area contributed by atoms with Crippen molar-refractivity contribution in [2.75, 3.05) is 0 Å². The summed E-state index contributed by atoms with van der Waals surface area (Å²) in [5.74, 6) is 0. The molecule has 0 aliphatic rings. The number of hydrogen-bond donors (Lipinski definition) is 1. The number of nitro groups is 1. The molecular weight excluding hydrogens is 300 g/mol. The van der Waals surface area contributed by atoms with Crippen molar-refractivity contribution in [3.8, 4) is 10.4 Å². The number of thiophene rings is 1. The van der Waals surface area contributed by atoms with Crippen LogP contribution < -0.4 is 5.56 Å². The molecule has 3 aromatic rings. The summed E-state index contributed by atoms with van der Waals surface area (Å²) in [6, 6.07) is 8.80. The molecule has 0 unspecified atom stereocenters. The predicted molar refractivity (Wildman–Crippen MR) is 79.5 cm³/mol. The summed E-state index contributed by atoms with van der Waals surface area (Å²) in [4.78, 5) is 25.4. The third-order valence-corrected chi connectivity index (χ3v) is 4.41. The van der Waals surface area contributed by atoms with E-state index in [0.29, 0.717) is 15.1 Å². The Kier molecular flexibility index (Phi) is 3.04. The van der Waals surface area contributed by atoms with Crippen LogP contribution in [0.5, 0.6) is 0 Å². The molecule has 0 amide bonds. The van der Waals surface area contributed by atoms with Crippen LogP contribution in [0.1, 0.15) is 0 Å². The van der Waals surface area contributed by atoms with Crippen LogP contribution in [0.15, 0.2) is 41.3 Å². The first-order valence-corrected chi connectivity index (χ1v) is 6.82. The van der Waals surface area contributed by atoms with E-state index in [1.54, 1.807) is 18.2 Å². The number of H-pyrrole nitrogens is 1. The van der Waals surface area contributed by atoms with Crippen LogP contribution in [0.4, 0.5) is 5.69 Å². The van der Waals surface area contributed by atoms with E-state index < -0.39 is 4.92 Å². The maximum Gasteiger partial charge on any atom is 0.303 e. The minimum absolute atomic E-state index is 0.108. The highest BCUT2D eigenvalue weighted by Crippen LogP contribution is 2.38. The summed E-state index contributed by atoms with van der Waals surface area (Å²) in [6.07, 6.45) is 1.12. The van der Waals surface area contributed by atoms with Crippen LogP contribution >= 0.6 is 22.9 Å². The van der Waals surface area contributed by atoms with E-state index in [-0.39, 0.29) is 11.2 Å². The van der Waals surface area contributed by atoms with Gasteiger partial charge in [-0.2, -0.15) is 0 Å². The van der Waals surface area contributed by atoms with Crippen molar-refractivity contribution in [2.45, 2.75) is 0 Å². The SMILES string of the molecule is O=c1[nH]cc([N+](=O)[O-])c2sc(-c3ccccc3Cl)cc12. The lowest BCUT2D eigenvalue weighted by molar-refractivity contribution is -0.383. The largest absolute Gasteiger partial charge is 0.322 e. The highest BCUT2D eigenvalue weighted by Gasteiger charge is 2.18. The Labute approximate surface area is 121 Å². The van der Waals surface area contributed by atoms with Gasteiger partial charge in [-0.3, -0.25) is 14.9 Å². The normalized spacial score (nSPS) is 10.8. The van der Waals surface area contributed by atoms with Crippen LogP contribution in [0.2, 0.25) is 5.02 Å². The average molecular weight is 307 g/mol. The Morgan fingerprint density at radius 2 is 2.05 bits per heavy atom. The number of pyridine rings is 1. The van der Waals surface area contributed by atoms with Gasteiger partial charge < -0.3 is 4.98 Å². The lowest BCUT2D eigenvalue weighted by Gasteiger charge is -1.98. The van der Waals surface area contributed by atoms with Crippen LogP contribution in [0.3, 0.4) is 0 Å². The predicted octanol–water partition coefficient (Wildman–Crippen LogP) is 3.82. The quantitative estimate of drug-likeness (QED) is 0.577. The Balaban J connectivity index is 2.34. The number of hydrogen-bond acceptors (Lipinski definition) is 4. The Bertz CT molecular complexity index is 885. The molecule has 0 radical (unpaired) electrons. The molecule has 1 aromatic carbocycles. The summed E-state index contributed by atoms with van der Waals surface area (Å²) in [5, 5.41) is 11.8. The fraction of sp³-hybridized carbons (Fsp3) is 0. The van der Waals surface area contributed by atoms with Crippen molar-refractivity contribution in [1.29, 1.82) is 0 Å². The summed E-state index contributed by atoms with van der Waals surface area (Å²) in [7, 11) is 0. The standard InChI is InChI=1S/C13H7ClN2O3S/c14-9-4-2-1-3-7(9)11-5-8-12(20-11)10(16(18)19)6-15-13(8)17/h1-6H,(H,15,17). The lowest BCUT2D eigenvalue weighted by Crippen LogP contribution is -2.05. The van der Waals surface area contributed by atoms with Gasteiger partial charge in [-0.15, -0.1) is 11.3 Å². The molecule has 0 spiro atoms. The second kappa shape index (κ2) is 4.73. The zero-order chi connectivity index (χ0) is 14.3. The van der Waals surface area contributed by atoms with E-state index in [4.69, 9.17) is 11.6 Å². The average Bonchev–Trinajstić information content (AvgIpc) is 2.84. The van der Waals surface area contributed by atoms with Crippen molar-refractivity contribution in [1.82, 2.24) is 4.98 Å². The second-order valence-corrected chi connectivity index (χ2v) is 5.55. The van der Waals surface area contributed by atoms with Gasteiger partial charge in [-0.05, 0) is 12.1 Å². The first kappa shape index (κ1) is 12.8. The number of aromatic amines is 1. The van der Waals surface area contributed by atoms with Gasteiger partial charge in [-0.1, -0.05) is 29.8 Å². The molecule has 100 valence electrons. The van der Waals surface area contributed by atoms with E-state index in [1.165, 1.54) is 11.3 Å². The Morgan fingerprint density at radius 1 is 1.30 bits per heavy atom. The molecule has 2 heterocycles. The number of fused-ring (bicyclic) bond motifs is 1. The number of aromatic nitrogens is 1. The minimum atomic E-state index is -0.509. The lowest BCUT2D eigenvalue weighted by atomic mass is 10.2. The zero-order valence-corrected chi connectivity index (χ0v) is 11.5. The molecule has 0 aliphatic carbocycles. The van der Waals surface area contributed by atoms with E-state index >= 15 is 0 Å². The van der Waals surface area contributed by atoms with Crippen molar-refractivity contribution in [3.63, 3.8) is 0 Å². The first-order valence-electron chi connectivity index (χ1n) is 5.62. The number of nitrogens with zero attached hydrogens (tertiary/aromatic N) is 1. The van der Waals surface area contributed by atoms with Crippen LogP contribution in [-0.4, -0.2) is 9.91 Å². The van der Waals surface area contributed by atoms with Crippen molar-refractivity contribution < 1.29 is 4.92 Å². The van der Waals surface area contributed by atoms with Crippen LogP contribution in [-0.2, 0) is 0 Å². The summed E-state index contributed by atoms with van der Waals surface area (Å²) in [5.41, 5.74) is 0.298. The van der Waals surface area contributed by atoms with Crippen LogP contribution in [0, 0.1) is 10.1 Å². The van der Waals surface area contributed by atoms with E-state index in [1.807, 2.05) is 12.1 Å². The van der Waals surface area contributed by atoms with Gasteiger partial charge in [0, 0.05) is 15.5 Å². The summed E-state index contributed by atoms with van der Waals surface area (Å²) >= 11 is 7.30. The maximum absolute atomic E-state index is 11.8. The molecule has 5 nitrogen and oxygen atoms in total. The van der Waals surface area contributed by atoms with Gasteiger partial charge in [0.15, 0.2) is 0 Å². The smallest absolute Gasteiger partial charge is 0.303 e. The van der Waals surface area contributed by atoms with Crippen LogP contribution in [0.25, 0.3) is 20.5 Å². The zero-order valence-electron chi connectivity index (χ0n) is 9.92. The van der Waals surface area contributed by atoms with Crippen molar-refractivity contribution in [3.05, 3.63) is 62.0 Å². The summed E-state index contributed by atoms with van der Waals surface area (Å²) in [6.45, 7) is 0. The number of nitrogens with one attached hydrogen (secondary N) is 1. The molecule has 0 atom stereocenters. The maximum atomic E-state index is 11.8.